The molecule has 0 amide bonds. The van der Waals surface area contributed by atoms with Crippen molar-refractivity contribution < 1.29 is 4.74 Å². The third-order valence-corrected chi connectivity index (χ3v) is 3.08. The van der Waals surface area contributed by atoms with Gasteiger partial charge in [-0.25, -0.2) is 0 Å². The van der Waals surface area contributed by atoms with Gasteiger partial charge in [0.2, 0.25) is 0 Å². The molecule has 3 aliphatic rings. The van der Waals surface area contributed by atoms with Gasteiger partial charge in [0.05, 0.1) is 0 Å². The minimum Gasteiger partial charge on any atom is -0.357 e. The monoisotopic (exact) mass is 156 g/mol. The van der Waals surface area contributed by atoms with Gasteiger partial charge in [-0.05, 0) is 28.7 Å². The molecular formula is C11H8O. The summed E-state index contributed by atoms with van der Waals surface area (Å²) >= 11 is 0. The summed E-state index contributed by atoms with van der Waals surface area (Å²) in [4.78, 5) is 0. The van der Waals surface area contributed by atoms with Crippen LogP contribution in [0.25, 0.3) is 0 Å². The van der Waals surface area contributed by atoms with Crippen molar-refractivity contribution in [2.24, 2.45) is 0 Å². The van der Waals surface area contributed by atoms with Crippen LogP contribution in [-0.2, 0) is 11.2 Å². The van der Waals surface area contributed by atoms with Gasteiger partial charge in [0.1, 0.15) is 12.2 Å². The van der Waals surface area contributed by atoms with Gasteiger partial charge in [0, 0.05) is 0 Å². The maximum atomic E-state index is 5.75. The maximum absolute atomic E-state index is 5.75. The van der Waals surface area contributed by atoms with Crippen molar-refractivity contribution in [1.29, 1.82) is 0 Å². The van der Waals surface area contributed by atoms with Crippen LogP contribution in [0.2, 0.25) is 0 Å². The van der Waals surface area contributed by atoms with Crippen LogP contribution >= 0.6 is 0 Å². The molecule has 1 nitrogen and oxygen atoms in total. The van der Waals surface area contributed by atoms with Gasteiger partial charge in [-0.2, -0.15) is 0 Å². The maximum Gasteiger partial charge on any atom is 0.103 e. The summed E-state index contributed by atoms with van der Waals surface area (Å²) in [7, 11) is 0. The lowest BCUT2D eigenvalue weighted by molar-refractivity contribution is 0.0877. The number of ether oxygens (including phenoxy) is 1. The van der Waals surface area contributed by atoms with E-state index in [1.54, 1.807) is 5.56 Å². The van der Waals surface area contributed by atoms with Crippen LogP contribution in [0, 0.1) is 0 Å². The van der Waals surface area contributed by atoms with Crippen LogP contribution in [0.3, 0.4) is 0 Å². The van der Waals surface area contributed by atoms with Crippen molar-refractivity contribution in [3.8, 4) is 0 Å². The van der Waals surface area contributed by atoms with Crippen molar-refractivity contribution in [2.45, 2.75) is 18.6 Å². The molecule has 0 saturated carbocycles. The Morgan fingerprint density at radius 3 is 3.08 bits per heavy atom. The molecule has 12 heavy (non-hydrogen) atoms. The Balaban J connectivity index is 2.11. The fraction of sp³-hybridized carbons (Fsp3) is 0.273. The van der Waals surface area contributed by atoms with Crippen LogP contribution in [0.15, 0.2) is 24.3 Å². The smallest absolute Gasteiger partial charge is 0.103 e. The number of benzene rings is 1. The normalized spacial score (nSPS) is 32.0. The van der Waals surface area contributed by atoms with Gasteiger partial charge in [-0.15, -0.1) is 0 Å². The summed E-state index contributed by atoms with van der Waals surface area (Å²) in [5, 5.41) is 0. The molecule has 0 spiro atoms. The Hall–Kier alpha value is -1.08. The largest absolute Gasteiger partial charge is 0.357 e. The molecule has 2 aliphatic heterocycles. The highest BCUT2D eigenvalue weighted by Crippen LogP contribution is 2.51. The molecule has 58 valence electrons. The lowest BCUT2D eigenvalue weighted by atomic mass is 9.97. The lowest BCUT2D eigenvalue weighted by Crippen LogP contribution is -1.91. The van der Waals surface area contributed by atoms with E-state index in [2.05, 4.69) is 24.3 Å². The molecule has 0 radical (unpaired) electrons. The number of hydrogen-bond donors (Lipinski definition) is 0. The third-order valence-electron chi connectivity index (χ3n) is 3.08. The Labute approximate surface area is 70.7 Å². The third kappa shape index (κ3) is 0.459. The molecule has 2 bridgehead atoms. The van der Waals surface area contributed by atoms with E-state index in [1.165, 1.54) is 23.1 Å². The Bertz CT molecular complexity index is 417. The van der Waals surface area contributed by atoms with Crippen molar-refractivity contribution in [2.75, 3.05) is 0 Å². The van der Waals surface area contributed by atoms with E-state index in [4.69, 9.17) is 4.74 Å². The van der Waals surface area contributed by atoms with E-state index in [0.29, 0.717) is 6.10 Å². The SMILES string of the molecule is C1=CC2OC1c1ccc3c(c12)C3. The number of rotatable bonds is 0. The van der Waals surface area contributed by atoms with Crippen molar-refractivity contribution in [1.82, 2.24) is 0 Å². The van der Waals surface area contributed by atoms with E-state index in [1.807, 2.05) is 0 Å². The van der Waals surface area contributed by atoms with Crippen molar-refractivity contribution >= 4 is 0 Å². The predicted octanol–water partition coefficient (Wildman–Crippen LogP) is 2.27. The molecule has 2 heterocycles. The fourth-order valence-electron chi connectivity index (χ4n) is 2.40. The standard InChI is InChI=1S/C11H8O/c1-2-7-9-3-4-10(12-9)11(7)8-5-6(1)8/h1-4,9-10H,5H2. The van der Waals surface area contributed by atoms with Gasteiger partial charge in [0.25, 0.3) is 0 Å². The quantitative estimate of drug-likeness (QED) is 0.532. The molecule has 2 unspecified atom stereocenters. The predicted molar refractivity (Wildman–Crippen MR) is 45.0 cm³/mol. The highest BCUT2D eigenvalue weighted by atomic mass is 16.5. The van der Waals surface area contributed by atoms with E-state index >= 15 is 0 Å². The summed E-state index contributed by atoms with van der Waals surface area (Å²) in [6.45, 7) is 0. The lowest BCUT2D eigenvalue weighted by Gasteiger charge is -2.04. The summed E-state index contributed by atoms with van der Waals surface area (Å²) in [6, 6.07) is 4.47. The van der Waals surface area contributed by atoms with E-state index < -0.39 is 0 Å². The van der Waals surface area contributed by atoms with E-state index in [-0.39, 0.29) is 6.10 Å². The fourth-order valence-corrected chi connectivity index (χ4v) is 2.40. The average Bonchev–Trinajstić information content (AvgIpc) is 2.62. The molecule has 0 saturated heterocycles. The molecule has 0 aromatic heterocycles. The zero-order valence-corrected chi connectivity index (χ0v) is 6.58. The molecule has 1 aromatic carbocycles. The first-order valence-corrected chi connectivity index (χ1v) is 4.42. The summed E-state index contributed by atoms with van der Waals surface area (Å²) in [5.74, 6) is 0. The molecule has 1 heteroatoms. The topological polar surface area (TPSA) is 9.23 Å². The van der Waals surface area contributed by atoms with Crippen LogP contribution in [-0.4, -0.2) is 0 Å². The molecule has 4 rings (SSSR count). The second kappa shape index (κ2) is 1.50. The van der Waals surface area contributed by atoms with Gasteiger partial charge in [-0.3, -0.25) is 0 Å². The molecule has 0 N–H and O–H groups in total. The van der Waals surface area contributed by atoms with Crippen molar-refractivity contribution in [3.05, 3.63) is 46.5 Å². The van der Waals surface area contributed by atoms with Crippen molar-refractivity contribution in [3.63, 3.8) is 0 Å². The second-order valence-electron chi connectivity index (χ2n) is 3.75. The van der Waals surface area contributed by atoms with Crippen LogP contribution in [0.5, 0.6) is 0 Å². The Kier molecular flexibility index (Phi) is 0.694. The molecule has 0 fully saturated rings. The highest BCUT2D eigenvalue weighted by molar-refractivity contribution is 5.59. The summed E-state index contributed by atoms with van der Waals surface area (Å²) < 4.78 is 5.75. The zero-order valence-electron chi connectivity index (χ0n) is 6.58. The summed E-state index contributed by atoms with van der Waals surface area (Å²) in [6.07, 6.45) is 6.13. The molecule has 1 aliphatic carbocycles. The minimum atomic E-state index is 0.274. The first-order chi connectivity index (χ1) is 5.93. The highest BCUT2D eigenvalue weighted by Gasteiger charge is 2.39. The first kappa shape index (κ1) is 5.55. The average molecular weight is 156 g/mol. The van der Waals surface area contributed by atoms with Crippen LogP contribution in [0.1, 0.15) is 34.5 Å². The van der Waals surface area contributed by atoms with Gasteiger partial charge in [-0.1, -0.05) is 24.3 Å². The minimum absolute atomic E-state index is 0.274. The van der Waals surface area contributed by atoms with Gasteiger partial charge < -0.3 is 4.74 Å². The van der Waals surface area contributed by atoms with Gasteiger partial charge >= 0.3 is 0 Å². The van der Waals surface area contributed by atoms with Crippen LogP contribution in [0.4, 0.5) is 0 Å². The zero-order chi connectivity index (χ0) is 7.71. The van der Waals surface area contributed by atoms with Crippen LogP contribution < -0.4 is 0 Å². The Morgan fingerprint density at radius 2 is 2.08 bits per heavy atom. The Morgan fingerprint density at radius 1 is 1.17 bits per heavy atom. The molecule has 2 atom stereocenters. The number of hydrogen-bond acceptors (Lipinski definition) is 1. The van der Waals surface area contributed by atoms with E-state index in [9.17, 15) is 0 Å². The number of fused-ring (bicyclic) bond motifs is 7. The van der Waals surface area contributed by atoms with Gasteiger partial charge in [0.15, 0.2) is 0 Å². The molecule has 1 aromatic rings. The second-order valence-corrected chi connectivity index (χ2v) is 3.75. The first-order valence-electron chi connectivity index (χ1n) is 4.42. The summed E-state index contributed by atoms with van der Waals surface area (Å²) in [5.41, 5.74) is 5.99. The molecular weight excluding hydrogens is 148 g/mol. The van der Waals surface area contributed by atoms with E-state index in [0.717, 1.165) is 0 Å².